The maximum absolute atomic E-state index is 9.89. The van der Waals surface area contributed by atoms with E-state index in [4.69, 9.17) is 14.7 Å². The zero-order valence-electron chi connectivity index (χ0n) is 22.0. The first kappa shape index (κ1) is 23.2. The van der Waals surface area contributed by atoms with Gasteiger partial charge in [-0.15, -0.1) is 0 Å². The number of benzene rings is 4. The molecule has 5 nitrogen and oxygen atoms in total. The highest BCUT2D eigenvalue weighted by Crippen LogP contribution is 2.56. The van der Waals surface area contributed by atoms with Crippen LogP contribution in [0, 0.1) is 11.8 Å². The fourth-order valence-electron chi connectivity index (χ4n) is 6.92. The minimum Gasteiger partial charge on any atom is -0.487 e. The molecule has 0 unspecified atom stereocenters. The molecule has 5 heteroatoms. The topological polar surface area (TPSA) is 67.6 Å². The van der Waals surface area contributed by atoms with Crippen molar-refractivity contribution >= 4 is 38.6 Å². The number of oxime groups is 1. The van der Waals surface area contributed by atoms with Crippen molar-refractivity contribution in [1.82, 2.24) is 9.97 Å². The average molecular weight is 502 g/mol. The number of nitrogens with zero attached hydrogens (tertiary/aromatic N) is 3. The van der Waals surface area contributed by atoms with Crippen molar-refractivity contribution in [3.63, 3.8) is 0 Å². The van der Waals surface area contributed by atoms with Crippen LogP contribution in [-0.4, -0.2) is 26.5 Å². The summed E-state index contributed by atoms with van der Waals surface area (Å²) in [6, 6.07) is 24.1. The van der Waals surface area contributed by atoms with Gasteiger partial charge >= 0.3 is 0 Å². The Morgan fingerprint density at radius 2 is 1.61 bits per heavy atom. The van der Waals surface area contributed by atoms with Crippen LogP contribution in [-0.2, 0) is 0 Å². The van der Waals surface area contributed by atoms with Crippen molar-refractivity contribution in [2.24, 2.45) is 17.0 Å². The summed E-state index contributed by atoms with van der Waals surface area (Å²) in [4.78, 5) is 10.5. The van der Waals surface area contributed by atoms with Crippen molar-refractivity contribution in [2.75, 3.05) is 0 Å². The number of hydrogen-bond acceptors (Lipinski definition) is 5. The number of hydrogen-bond donors (Lipinski definition) is 1. The molecule has 0 amide bonds. The predicted octanol–water partition coefficient (Wildman–Crippen LogP) is 7.85. The lowest BCUT2D eigenvalue weighted by molar-refractivity contribution is -0.0115. The molecule has 190 valence electrons. The number of fused-ring (bicyclic) bond motifs is 9. The first-order valence-corrected chi connectivity index (χ1v) is 13.6. The highest BCUT2D eigenvalue weighted by atomic mass is 16.5. The van der Waals surface area contributed by atoms with E-state index in [-0.39, 0.29) is 5.60 Å². The van der Waals surface area contributed by atoms with Crippen LogP contribution in [0.2, 0.25) is 0 Å². The van der Waals surface area contributed by atoms with Gasteiger partial charge in [0.15, 0.2) is 0 Å². The van der Waals surface area contributed by atoms with E-state index in [0.717, 1.165) is 62.6 Å². The molecule has 7 rings (SSSR count). The summed E-state index contributed by atoms with van der Waals surface area (Å²) in [5, 5.41) is 15.7. The summed E-state index contributed by atoms with van der Waals surface area (Å²) in [6.07, 6.45) is 3.52. The molecule has 38 heavy (non-hydrogen) atoms. The summed E-state index contributed by atoms with van der Waals surface area (Å²) in [6.45, 7) is 6.87. The van der Waals surface area contributed by atoms with E-state index in [1.165, 1.54) is 12.0 Å². The van der Waals surface area contributed by atoms with Crippen LogP contribution in [0.3, 0.4) is 0 Å². The fraction of sp³-hybridized carbons (Fsp3) is 0.303. The first-order valence-electron chi connectivity index (χ1n) is 13.6. The van der Waals surface area contributed by atoms with E-state index in [2.05, 4.69) is 50.2 Å². The molecule has 0 radical (unpaired) electrons. The minimum atomic E-state index is -0.242. The molecule has 5 aromatic rings. The quantitative estimate of drug-likeness (QED) is 0.0879. The summed E-state index contributed by atoms with van der Waals surface area (Å²) in [5.41, 5.74) is 6.61. The largest absolute Gasteiger partial charge is 0.487 e. The lowest BCUT2D eigenvalue weighted by Gasteiger charge is -2.49. The molecule has 2 aliphatic rings. The number of aromatic nitrogens is 2. The molecular formula is C33H31N3O2. The summed E-state index contributed by atoms with van der Waals surface area (Å²) in [5.74, 6) is 2.44. The van der Waals surface area contributed by atoms with Gasteiger partial charge in [-0.1, -0.05) is 79.2 Å². The van der Waals surface area contributed by atoms with Crippen LogP contribution in [0.4, 0.5) is 0 Å². The fourth-order valence-corrected chi connectivity index (χ4v) is 6.92. The Balaban J connectivity index is 1.52. The van der Waals surface area contributed by atoms with E-state index in [9.17, 15) is 5.21 Å². The Hall–Kier alpha value is -3.99. The van der Waals surface area contributed by atoms with Crippen LogP contribution in [0.1, 0.15) is 62.6 Å². The third kappa shape index (κ3) is 3.48. The van der Waals surface area contributed by atoms with Crippen LogP contribution in [0.15, 0.2) is 78.0 Å². The Labute approximate surface area is 222 Å². The van der Waals surface area contributed by atoms with E-state index in [1.807, 2.05) is 48.5 Å². The Kier molecular flexibility index (Phi) is 5.19. The zero-order chi connectivity index (χ0) is 26.0. The molecule has 0 saturated heterocycles. The normalized spacial score (nSPS) is 22.7. The van der Waals surface area contributed by atoms with Gasteiger partial charge in [0.05, 0.1) is 22.1 Å². The van der Waals surface area contributed by atoms with E-state index >= 15 is 0 Å². The summed E-state index contributed by atoms with van der Waals surface area (Å²) in [7, 11) is 0. The molecule has 3 atom stereocenters. The van der Waals surface area contributed by atoms with Crippen LogP contribution in [0.5, 0.6) is 5.75 Å². The van der Waals surface area contributed by atoms with Crippen molar-refractivity contribution < 1.29 is 9.94 Å². The van der Waals surface area contributed by atoms with Crippen molar-refractivity contribution in [3.05, 3.63) is 89.5 Å². The Morgan fingerprint density at radius 3 is 2.39 bits per heavy atom. The number of ether oxygens (including phenoxy) is 1. The monoisotopic (exact) mass is 501 g/mol. The maximum atomic E-state index is 9.89. The molecule has 0 spiro atoms. The second-order valence-electron chi connectivity index (χ2n) is 11.6. The van der Waals surface area contributed by atoms with Gasteiger partial charge in [0, 0.05) is 33.4 Å². The molecule has 1 aromatic heterocycles. The van der Waals surface area contributed by atoms with Crippen molar-refractivity contribution in [3.8, 4) is 5.75 Å². The first-order chi connectivity index (χ1) is 18.4. The summed E-state index contributed by atoms with van der Waals surface area (Å²) >= 11 is 0. The average Bonchev–Trinajstić information content (AvgIpc) is 2.93. The molecular weight excluding hydrogens is 470 g/mol. The van der Waals surface area contributed by atoms with Gasteiger partial charge in [0.1, 0.15) is 17.1 Å². The van der Waals surface area contributed by atoms with Gasteiger partial charge in [-0.2, -0.15) is 0 Å². The lowest BCUT2D eigenvalue weighted by atomic mass is 9.64. The SMILES string of the molecule is C[C@H]1CC[C@H]2[C@H](C1)c1c(c3ccccc3c3nc4ccc(/C(=N/O)c5ccccc5)cc4nc13)OC2(C)C. The lowest BCUT2D eigenvalue weighted by Crippen LogP contribution is -2.46. The molecule has 1 aliphatic carbocycles. The summed E-state index contributed by atoms with van der Waals surface area (Å²) < 4.78 is 6.87. The third-order valence-electron chi connectivity index (χ3n) is 8.75. The van der Waals surface area contributed by atoms with Gasteiger partial charge in [-0.25, -0.2) is 9.97 Å². The minimum absolute atomic E-state index is 0.242. The highest BCUT2D eigenvalue weighted by Gasteiger charge is 2.47. The molecule has 1 aliphatic heterocycles. The van der Waals surface area contributed by atoms with Gasteiger partial charge in [0.25, 0.3) is 0 Å². The van der Waals surface area contributed by atoms with Crippen molar-refractivity contribution in [2.45, 2.75) is 51.6 Å². The van der Waals surface area contributed by atoms with Crippen LogP contribution >= 0.6 is 0 Å². The Bertz CT molecular complexity index is 1740. The second-order valence-corrected chi connectivity index (χ2v) is 11.6. The molecule has 1 saturated carbocycles. The second kappa shape index (κ2) is 8.52. The van der Waals surface area contributed by atoms with E-state index < -0.39 is 0 Å². The van der Waals surface area contributed by atoms with E-state index in [1.54, 1.807) is 0 Å². The number of rotatable bonds is 2. The highest BCUT2D eigenvalue weighted by molar-refractivity contribution is 6.15. The maximum Gasteiger partial charge on any atom is 0.133 e. The molecule has 2 heterocycles. The van der Waals surface area contributed by atoms with Gasteiger partial charge in [0.2, 0.25) is 0 Å². The van der Waals surface area contributed by atoms with Crippen molar-refractivity contribution in [1.29, 1.82) is 0 Å². The standard InChI is InChI=1S/C33H31N3O2/c1-19-13-15-25-24(17-19)28-31-30(22-11-7-8-12-23(22)32(28)38-33(25,2)3)34-26-16-14-21(18-27(26)35-31)29(36-37)20-9-5-4-6-10-20/h4-12,14,16,18-19,24-25,37H,13,15,17H2,1-3H3/b36-29+/t19-,24-,25-/m0/s1. The van der Waals surface area contributed by atoms with Crippen LogP contribution in [0.25, 0.3) is 32.8 Å². The Morgan fingerprint density at radius 1 is 0.868 bits per heavy atom. The predicted molar refractivity (Wildman–Crippen MR) is 152 cm³/mol. The van der Waals surface area contributed by atoms with Gasteiger partial charge in [-0.05, 0) is 50.7 Å². The zero-order valence-corrected chi connectivity index (χ0v) is 22.0. The van der Waals surface area contributed by atoms with Crippen LogP contribution < -0.4 is 4.74 Å². The smallest absolute Gasteiger partial charge is 0.133 e. The van der Waals surface area contributed by atoms with Gasteiger partial charge < -0.3 is 9.94 Å². The van der Waals surface area contributed by atoms with E-state index in [0.29, 0.717) is 23.5 Å². The molecule has 4 aromatic carbocycles. The van der Waals surface area contributed by atoms with Gasteiger partial charge in [-0.3, -0.25) is 0 Å². The molecule has 1 fully saturated rings. The molecule has 0 bridgehead atoms. The third-order valence-corrected chi connectivity index (χ3v) is 8.75. The molecule has 1 N–H and O–H groups in total.